The van der Waals surface area contributed by atoms with Crippen molar-refractivity contribution < 1.29 is 5.11 Å². The van der Waals surface area contributed by atoms with E-state index < -0.39 is 5.60 Å². The highest BCUT2D eigenvalue weighted by Gasteiger charge is 2.52. The number of hydrogen-bond donors (Lipinski definition) is 2. The summed E-state index contributed by atoms with van der Waals surface area (Å²) < 4.78 is 0. The summed E-state index contributed by atoms with van der Waals surface area (Å²) in [5, 5.41) is 11.4. The topological polar surface area (TPSA) is 46.2 Å². The maximum absolute atomic E-state index is 11.4. The summed E-state index contributed by atoms with van der Waals surface area (Å²) in [6.45, 7) is 9.81. The molecule has 1 atom stereocenters. The van der Waals surface area contributed by atoms with E-state index >= 15 is 0 Å². The molecule has 2 rings (SSSR count). The van der Waals surface area contributed by atoms with Crippen LogP contribution in [0.15, 0.2) is 0 Å². The van der Waals surface area contributed by atoms with Crippen molar-refractivity contribution in [3.8, 4) is 0 Å². The van der Waals surface area contributed by atoms with Gasteiger partial charge in [0, 0.05) is 12.0 Å². The third kappa shape index (κ3) is 3.32. The van der Waals surface area contributed by atoms with Crippen LogP contribution in [0, 0.1) is 22.7 Å². The van der Waals surface area contributed by atoms with E-state index in [4.69, 9.17) is 5.73 Å². The molecule has 0 amide bonds. The van der Waals surface area contributed by atoms with E-state index in [2.05, 4.69) is 27.7 Å². The Morgan fingerprint density at radius 2 is 1.43 bits per heavy atom. The Hall–Kier alpha value is -0.0800. The first kappa shape index (κ1) is 17.3. The van der Waals surface area contributed by atoms with Crippen LogP contribution in [-0.4, -0.2) is 17.3 Å². The minimum absolute atomic E-state index is 0.0449. The van der Waals surface area contributed by atoms with Crippen molar-refractivity contribution in [2.24, 2.45) is 28.4 Å². The van der Waals surface area contributed by atoms with Gasteiger partial charge in [-0.1, -0.05) is 40.0 Å². The van der Waals surface area contributed by atoms with Crippen LogP contribution in [0.4, 0.5) is 0 Å². The van der Waals surface area contributed by atoms with Crippen LogP contribution in [0.5, 0.6) is 0 Å². The van der Waals surface area contributed by atoms with Crippen LogP contribution in [0.2, 0.25) is 0 Å². The van der Waals surface area contributed by atoms with E-state index in [0.29, 0.717) is 17.9 Å². The first-order chi connectivity index (χ1) is 9.73. The van der Waals surface area contributed by atoms with Gasteiger partial charge in [0.1, 0.15) is 0 Å². The summed E-state index contributed by atoms with van der Waals surface area (Å²) in [6, 6.07) is 0. The normalized spacial score (nSPS) is 35.4. The second kappa shape index (κ2) is 6.20. The number of hydrogen-bond acceptors (Lipinski definition) is 2. The molecule has 2 nitrogen and oxygen atoms in total. The largest absolute Gasteiger partial charge is 0.389 e. The molecule has 0 aromatic rings. The Morgan fingerprint density at radius 3 is 1.86 bits per heavy atom. The molecule has 1 unspecified atom stereocenters. The third-order valence-electron chi connectivity index (χ3n) is 7.03. The standard InChI is InChI=1S/C19H37NO/c1-17(2,3)15-10-12-19(14-20,13-11-15)18(4,21)16-8-6-5-7-9-16/h15-16,21H,5-14,20H2,1-4H3. The summed E-state index contributed by atoms with van der Waals surface area (Å²) in [5.74, 6) is 1.24. The van der Waals surface area contributed by atoms with E-state index in [9.17, 15) is 5.11 Å². The average Bonchev–Trinajstić information content (AvgIpc) is 2.47. The van der Waals surface area contributed by atoms with Gasteiger partial charge in [-0.25, -0.2) is 0 Å². The van der Waals surface area contributed by atoms with Gasteiger partial charge in [0.25, 0.3) is 0 Å². The molecule has 3 N–H and O–H groups in total. The number of rotatable bonds is 3. The smallest absolute Gasteiger partial charge is 0.0715 e. The van der Waals surface area contributed by atoms with Crippen molar-refractivity contribution in [3.05, 3.63) is 0 Å². The minimum atomic E-state index is -0.578. The molecular weight excluding hydrogens is 258 g/mol. The average molecular weight is 296 g/mol. The lowest BCUT2D eigenvalue weighted by Gasteiger charge is -2.54. The Kier molecular flexibility index (Phi) is 5.10. The molecule has 2 fully saturated rings. The summed E-state index contributed by atoms with van der Waals surface area (Å²) in [4.78, 5) is 0. The SMILES string of the molecule is CC(C)(C)C1CCC(CN)(C(C)(O)C2CCCCC2)CC1. The maximum atomic E-state index is 11.4. The van der Waals surface area contributed by atoms with Crippen molar-refractivity contribution in [3.63, 3.8) is 0 Å². The highest BCUT2D eigenvalue weighted by molar-refractivity contribution is 5.04. The molecular formula is C19H37NO. The van der Waals surface area contributed by atoms with E-state index in [1.165, 1.54) is 44.9 Å². The molecule has 2 aliphatic carbocycles. The van der Waals surface area contributed by atoms with E-state index in [-0.39, 0.29) is 5.41 Å². The molecule has 0 aliphatic heterocycles. The summed E-state index contributed by atoms with van der Waals surface area (Å²) in [6.07, 6.45) is 11.0. The molecule has 2 heteroatoms. The predicted molar refractivity (Wildman–Crippen MR) is 90.1 cm³/mol. The molecule has 0 saturated heterocycles. The first-order valence-electron chi connectivity index (χ1n) is 9.15. The van der Waals surface area contributed by atoms with Crippen molar-refractivity contribution >= 4 is 0 Å². The molecule has 0 heterocycles. The Labute approximate surface area is 131 Å². The van der Waals surface area contributed by atoms with Gasteiger partial charge in [-0.15, -0.1) is 0 Å². The van der Waals surface area contributed by atoms with Gasteiger partial charge in [0.2, 0.25) is 0 Å². The van der Waals surface area contributed by atoms with Gasteiger partial charge >= 0.3 is 0 Å². The molecule has 2 aliphatic rings. The summed E-state index contributed by atoms with van der Waals surface area (Å²) in [5.41, 5.74) is 5.99. The molecule has 21 heavy (non-hydrogen) atoms. The van der Waals surface area contributed by atoms with E-state index in [1.807, 2.05) is 0 Å². The zero-order valence-corrected chi connectivity index (χ0v) is 14.8. The quantitative estimate of drug-likeness (QED) is 0.805. The lowest BCUT2D eigenvalue weighted by molar-refractivity contribution is -0.141. The number of nitrogens with two attached hydrogens (primary N) is 1. The fourth-order valence-corrected chi connectivity index (χ4v) is 5.05. The lowest BCUT2D eigenvalue weighted by atomic mass is 9.54. The monoisotopic (exact) mass is 295 g/mol. The van der Waals surface area contributed by atoms with Crippen molar-refractivity contribution in [1.82, 2.24) is 0 Å². The fourth-order valence-electron chi connectivity index (χ4n) is 5.05. The van der Waals surface area contributed by atoms with Gasteiger partial charge in [-0.2, -0.15) is 0 Å². The second-order valence-electron chi connectivity index (χ2n) is 9.11. The van der Waals surface area contributed by atoms with Crippen LogP contribution in [-0.2, 0) is 0 Å². The Balaban J connectivity index is 2.11. The molecule has 0 spiro atoms. The molecule has 124 valence electrons. The van der Waals surface area contributed by atoms with Crippen LogP contribution in [0.1, 0.15) is 85.5 Å². The van der Waals surface area contributed by atoms with Crippen LogP contribution < -0.4 is 5.73 Å². The second-order valence-corrected chi connectivity index (χ2v) is 9.11. The minimum Gasteiger partial charge on any atom is -0.389 e. The fraction of sp³-hybridized carbons (Fsp3) is 1.00. The van der Waals surface area contributed by atoms with Gasteiger partial charge < -0.3 is 10.8 Å². The summed E-state index contributed by atoms with van der Waals surface area (Å²) >= 11 is 0. The van der Waals surface area contributed by atoms with Crippen LogP contribution in [0.3, 0.4) is 0 Å². The summed E-state index contributed by atoms with van der Waals surface area (Å²) in [7, 11) is 0. The highest BCUT2D eigenvalue weighted by Crippen LogP contribution is 2.53. The van der Waals surface area contributed by atoms with Gasteiger partial charge in [0.15, 0.2) is 0 Å². The number of aliphatic hydroxyl groups is 1. The zero-order valence-electron chi connectivity index (χ0n) is 14.8. The van der Waals surface area contributed by atoms with Crippen molar-refractivity contribution in [2.75, 3.05) is 6.54 Å². The Bertz CT molecular complexity index is 328. The predicted octanol–water partition coefficient (Wildman–Crippen LogP) is 4.50. The molecule has 0 aromatic carbocycles. The van der Waals surface area contributed by atoms with Crippen molar-refractivity contribution in [1.29, 1.82) is 0 Å². The van der Waals surface area contributed by atoms with Crippen molar-refractivity contribution in [2.45, 2.75) is 91.1 Å². The van der Waals surface area contributed by atoms with Gasteiger partial charge in [-0.05, 0) is 62.7 Å². The third-order valence-corrected chi connectivity index (χ3v) is 7.03. The lowest BCUT2D eigenvalue weighted by Crippen LogP contribution is -2.57. The van der Waals surface area contributed by atoms with E-state index in [1.54, 1.807) is 0 Å². The van der Waals surface area contributed by atoms with Gasteiger partial charge in [0.05, 0.1) is 5.60 Å². The maximum Gasteiger partial charge on any atom is 0.0715 e. The molecule has 0 aromatic heterocycles. The first-order valence-corrected chi connectivity index (χ1v) is 9.15. The van der Waals surface area contributed by atoms with Crippen LogP contribution in [0.25, 0.3) is 0 Å². The molecule has 0 radical (unpaired) electrons. The van der Waals surface area contributed by atoms with Gasteiger partial charge in [-0.3, -0.25) is 0 Å². The highest BCUT2D eigenvalue weighted by atomic mass is 16.3. The molecule has 2 saturated carbocycles. The zero-order chi connectivity index (χ0) is 15.7. The van der Waals surface area contributed by atoms with Crippen LogP contribution >= 0.6 is 0 Å². The van der Waals surface area contributed by atoms with E-state index in [0.717, 1.165) is 18.8 Å². The Morgan fingerprint density at radius 1 is 0.905 bits per heavy atom. The molecule has 0 bridgehead atoms.